The molecule has 18 heavy (non-hydrogen) atoms. The van der Waals surface area contributed by atoms with Crippen LogP contribution in [0.15, 0.2) is 24.3 Å². The third-order valence-electron chi connectivity index (χ3n) is 4.88. The molecule has 0 amide bonds. The first-order valence-electron chi connectivity index (χ1n) is 7.26. The van der Waals surface area contributed by atoms with Gasteiger partial charge >= 0.3 is 0 Å². The number of nitrogens with zero attached hydrogens (tertiary/aromatic N) is 1. The predicted molar refractivity (Wildman–Crippen MR) is 76.7 cm³/mol. The van der Waals surface area contributed by atoms with Crippen LogP contribution in [0.25, 0.3) is 0 Å². The van der Waals surface area contributed by atoms with Crippen LogP contribution in [0.5, 0.6) is 0 Å². The normalized spacial score (nSPS) is 22.6. The third kappa shape index (κ3) is 2.26. The van der Waals surface area contributed by atoms with Crippen molar-refractivity contribution in [3.63, 3.8) is 0 Å². The second-order valence-electron chi connectivity index (χ2n) is 6.26. The van der Waals surface area contributed by atoms with Crippen LogP contribution in [-0.2, 0) is 5.41 Å². The summed E-state index contributed by atoms with van der Waals surface area (Å²) in [6, 6.07) is 9.38. The highest BCUT2D eigenvalue weighted by Crippen LogP contribution is 2.49. The van der Waals surface area contributed by atoms with E-state index >= 15 is 0 Å². The number of likely N-dealkylation sites (N-methyl/N-ethyl adjacent to an activating group) is 1. The molecule has 2 aliphatic rings. The largest absolute Gasteiger partial charge is 0.399 e. The minimum Gasteiger partial charge on any atom is -0.399 e. The van der Waals surface area contributed by atoms with Crippen molar-refractivity contribution in [2.75, 3.05) is 19.3 Å². The van der Waals surface area contributed by atoms with Crippen LogP contribution in [0.2, 0.25) is 0 Å². The van der Waals surface area contributed by atoms with Gasteiger partial charge in [-0.25, -0.2) is 0 Å². The Hall–Kier alpha value is -1.02. The molecular weight excluding hydrogens is 220 g/mol. The summed E-state index contributed by atoms with van der Waals surface area (Å²) in [5, 5.41) is 0. The van der Waals surface area contributed by atoms with Gasteiger partial charge in [0.2, 0.25) is 0 Å². The van der Waals surface area contributed by atoms with Crippen LogP contribution in [0.4, 0.5) is 5.69 Å². The Bertz CT molecular complexity index is 400. The second-order valence-corrected chi connectivity index (χ2v) is 6.26. The number of hydrogen-bond donors (Lipinski definition) is 1. The highest BCUT2D eigenvalue weighted by Gasteiger charge is 2.45. The minimum absolute atomic E-state index is 0.436. The first-order valence-corrected chi connectivity index (χ1v) is 7.26. The Morgan fingerprint density at radius 2 is 1.78 bits per heavy atom. The van der Waals surface area contributed by atoms with Crippen molar-refractivity contribution < 1.29 is 0 Å². The fourth-order valence-corrected chi connectivity index (χ4v) is 3.48. The van der Waals surface area contributed by atoms with E-state index in [1.54, 1.807) is 0 Å². The number of benzene rings is 1. The zero-order valence-electron chi connectivity index (χ0n) is 11.4. The molecule has 0 radical (unpaired) electrons. The average molecular weight is 244 g/mol. The fourth-order valence-electron chi connectivity index (χ4n) is 3.48. The van der Waals surface area contributed by atoms with Gasteiger partial charge in [0.1, 0.15) is 0 Å². The molecule has 2 saturated carbocycles. The number of hydrogen-bond acceptors (Lipinski definition) is 2. The van der Waals surface area contributed by atoms with E-state index in [9.17, 15) is 0 Å². The molecule has 2 aliphatic carbocycles. The van der Waals surface area contributed by atoms with Crippen molar-refractivity contribution in [2.45, 2.75) is 50.0 Å². The average Bonchev–Trinajstić information content (AvgIpc) is 2.94. The molecule has 3 rings (SSSR count). The molecular formula is C16H24N2. The summed E-state index contributed by atoms with van der Waals surface area (Å²) in [4.78, 5) is 2.61. The van der Waals surface area contributed by atoms with Gasteiger partial charge in [-0.05, 0) is 50.4 Å². The molecule has 1 aromatic rings. The van der Waals surface area contributed by atoms with Gasteiger partial charge in [-0.2, -0.15) is 0 Å². The molecule has 2 heteroatoms. The first-order chi connectivity index (χ1) is 8.70. The van der Waals surface area contributed by atoms with Gasteiger partial charge in [-0.3, -0.25) is 0 Å². The predicted octanol–water partition coefficient (Wildman–Crippen LogP) is 3.17. The molecule has 0 spiro atoms. The summed E-state index contributed by atoms with van der Waals surface area (Å²) in [5.74, 6) is 0. The van der Waals surface area contributed by atoms with Crippen LogP contribution < -0.4 is 5.73 Å². The van der Waals surface area contributed by atoms with Crippen LogP contribution in [-0.4, -0.2) is 24.5 Å². The Balaban J connectivity index is 1.69. The second kappa shape index (κ2) is 4.58. The molecule has 0 saturated heterocycles. The quantitative estimate of drug-likeness (QED) is 0.824. The standard InChI is InChI=1S/C16H24N2/c1-18(15-4-2-3-5-15)12-16(10-11-16)13-6-8-14(17)9-7-13/h6-9,15H,2-5,10-12,17H2,1H3. The Labute approximate surface area is 110 Å². The lowest BCUT2D eigenvalue weighted by Gasteiger charge is -2.29. The summed E-state index contributed by atoms with van der Waals surface area (Å²) in [7, 11) is 2.31. The lowest BCUT2D eigenvalue weighted by molar-refractivity contribution is 0.224. The molecule has 2 N–H and O–H groups in total. The Morgan fingerprint density at radius 3 is 2.33 bits per heavy atom. The van der Waals surface area contributed by atoms with Crippen molar-refractivity contribution in [3.05, 3.63) is 29.8 Å². The van der Waals surface area contributed by atoms with Crippen molar-refractivity contribution in [3.8, 4) is 0 Å². The minimum atomic E-state index is 0.436. The smallest absolute Gasteiger partial charge is 0.0314 e. The highest BCUT2D eigenvalue weighted by atomic mass is 15.1. The third-order valence-corrected chi connectivity index (χ3v) is 4.88. The zero-order chi connectivity index (χ0) is 12.6. The molecule has 0 aliphatic heterocycles. The summed E-state index contributed by atoms with van der Waals surface area (Å²) < 4.78 is 0. The molecule has 0 bridgehead atoms. The summed E-state index contributed by atoms with van der Waals surface area (Å²) in [6.45, 7) is 1.22. The van der Waals surface area contributed by atoms with Crippen LogP contribution in [0.1, 0.15) is 44.1 Å². The molecule has 2 nitrogen and oxygen atoms in total. The van der Waals surface area contributed by atoms with Crippen LogP contribution >= 0.6 is 0 Å². The van der Waals surface area contributed by atoms with Gasteiger partial charge in [0.05, 0.1) is 0 Å². The van der Waals surface area contributed by atoms with Crippen molar-refractivity contribution in [1.29, 1.82) is 0 Å². The van der Waals surface area contributed by atoms with Gasteiger partial charge in [-0.1, -0.05) is 25.0 Å². The van der Waals surface area contributed by atoms with Gasteiger partial charge < -0.3 is 10.6 Å². The van der Waals surface area contributed by atoms with E-state index in [1.807, 2.05) is 12.1 Å². The lowest BCUT2D eigenvalue weighted by atomic mass is 9.94. The number of anilines is 1. The molecule has 1 aromatic carbocycles. The maximum atomic E-state index is 5.78. The topological polar surface area (TPSA) is 29.3 Å². The number of nitrogens with two attached hydrogens (primary N) is 1. The summed E-state index contributed by atoms with van der Waals surface area (Å²) in [5.41, 5.74) is 8.58. The van der Waals surface area contributed by atoms with Crippen LogP contribution in [0.3, 0.4) is 0 Å². The number of nitrogen functional groups attached to an aromatic ring is 1. The van der Waals surface area contributed by atoms with Gasteiger partial charge in [0, 0.05) is 23.7 Å². The van der Waals surface area contributed by atoms with Crippen LogP contribution in [0, 0.1) is 0 Å². The van der Waals surface area contributed by atoms with Crippen molar-refractivity contribution >= 4 is 5.69 Å². The zero-order valence-corrected chi connectivity index (χ0v) is 11.4. The van der Waals surface area contributed by atoms with E-state index in [0.717, 1.165) is 11.7 Å². The molecule has 0 aromatic heterocycles. The summed E-state index contributed by atoms with van der Waals surface area (Å²) >= 11 is 0. The number of rotatable bonds is 4. The van der Waals surface area contributed by atoms with Gasteiger partial charge in [0.15, 0.2) is 0 Å². The van der Waals surface area contributed by atoms with E-state index in [1.165, 1.54) is 50.6 Å². The van der Waals surface area contributed by atoms with Crippen molar-refractivity contribution in [1.82, 2.24) is 4.90 Å². The van der Waals surface area contributed by atoms with Gasteiger partial charge in [0.25, 0.3) is 0 Å². The summed E-state index contributed by atoms with van der Waals surface area (Å²) in [6.07, 6.45) is 8.32. The first kappa shape index (κ1) is 12.0. The SMILES string of the molecule is CN(CC1(c2ccc(N)cc2)CC1)C1CCCC1. The van der Waals surface area contributed by atoms with Gasteiger partial charge in [-0.15, -0.1) is 0 Å². The van der Waals surface area contributed by atoms with E-state index in [4.69, 9.17) is 5.73 Å². The van der Waals surface area contributed by atoms with E-state index in [-0.39, 0.29) is 0 Å². The molecule has 98 valence electrons. The Kier molecular flexibility index (Phi) is 3.06. The van der Waals surface area contributed by atoms with E-state index in [2.05, 4.69) is 24.1 Å². The highest BCUT2D eigenvalue weighted by molar-refractivity contribution is 5.43. The Morgan fingerprint density at radius 1 is 1.17 bits per heavy atom. The fraction of sp³-hybridized carbons (Fsp3) is 0.625. The monoisotopic (exact) mass is 244 g/mol. The molecule has 0 unspecified atom stereocenters. The molecule has 0 atom stereocenters. The van der Waals surface area contributed by atoms with E-state index < -0.39 is 0 Å². The van der Waals surface area contributed by atoms with E-state index in [0.29, 0.717) is 5.41 Å². The lowest BCUT2D eigenvalue weighted by Crippen LogP contribution is -2.36. The maximum absolute atomic E-state index is 5.78. The molecule has 2 fully saturated rings. The maximum Gasteiger partial charge on any atom is 0.0314 e. The molecule has 0 heterocycles. The van der Waals surface area contributed by atoms with Crippen molar-refractivity contribution in [2.24, 2.45) is 0 Å².